The van der Waals surface area contributed by atoms with Crippen molar-refractivity contribution in [2.75, 3.05) is 6.54 Å². The van der Waals surface area contributed by atoms with E-state index in [1.165, 1.54) is 0 Å². The third-order valence-corrected chi connectivity index (χ3v) is 3.05. The van der Waals surface area contributed by atoms with E-state index in [4.69, 9.17) is 14.2 Å². The van der Waals surface area contributed by atoms with E-state index in [9.17, 15) is 19.5 Å². The summed E-state index contributed by atoms with van der Waals surface area (Å²) in [4.78, 5) is 36.2. The van der Waals surface area contributed by atoms with E-state index >= 15 is 0 Å². The van der Waals surface area contributed by atoms with Crippen LogP contribution in [-0.2, 0) is 19.0 Å². The highest BCUT2D eigenvalue weighted by atomic mass is 16.7. The van der Waals surface area contributed by atoms with Crippen molar-refractivity contribution in [2.45, 2.75) is 71.3 Å². The number of carbonyl (C=O) groups is 3. The molecule has 23 heavy (non-hydrogen) atoms. The zero-order valence-corrected chi connectivity index (χ0v) is 14.2. The van der Waals surface area contributed by atoms with Gasteiger partial charge in [-0.15, -0.1) is 0 Å². The third-order valence-electron chi connectivity index (χ3n) is 3.05. The maximum Gasteiger partial charge on any atom is 0.508 e. The number of amides is 1. The number of nitrogens with zero attached hydrogens (tertiary/aromatic N) is 1. The summed E-state index contributed by atoms with van der Waals surface area (Å²) < 4.78 is 15.3. The van der Waals surface area contributed by atoms with Gasteiger partial charge in [-0.1, -0.05) is 0 Å². The molecule has 1 fully saturated rings. The fourth-order valence-electron chi connectivity index (χ4n) is 2.17. The lowest BCUT2D eigenvalue weighted by atomic mass is 10.0. The van der Waals surface area contributed by atoms with Crippen molar-refractivity contribution in [3.8, 4) is 0 Å². The second-order valence-corrected chi connectivity index (χ2v) is 6.72. The number of likely N-dealkylation sites (tertiary alicyclic amines) is 1. The minimum atomic E-state index is -1.11. The van der Waals surface area contributed by atoms with Gasteiger partial charge in [-0.2, -0.15) is 0 Å². The van der Waals surface area contributed by atoms with E-state index in [2.05, 4.69) is 0 Å². The molecule has 1 aliphatic rings. The van der Waals surface area contributed by atoms with Crippen LogP contribution in [0, 0.1) is 0 Å². The van der Waals surface area contributed by atoms with Gasteiger partial charge in [-0.05, 0) is 47.5 Å². The van der Waals surface area contributed by atoms with Crippen LogP contribution in [0.15, 0.2) is 0 Å². The van der Waals surface area contributed by atoms with Crippen molar-refractivity contribution in [2.24, 2.45) is 0 Å². The Morgan fingerprint density at radius 1 is 1.17 bits per heavy atom. The van der Waals surface area contributed by atoms with Crippen molar-refractivity contribution in [1.82, 2.24) is 4.90 Å². The molecule has 0 radical (unpaired) electrons. The molecular formula is C15H25NO7. The van der Waals surface area contributed by atoms with Crippen LogP contribution in [0.5, 0.6) is 0 Å². The fourth-order valence-corrected chi connectivity index (χ4v) is 2.17. The summed E-state index contributed by atoms with van der Waals surface area (Å²) >= 11 is 0. The lowest BCUT2D eigenvalue weighted by Crippen LogP contribution is -2.54. The van der Waals surface area contributed by atoms with Crippen LogP contribution in [0.25, 0.3) is 0 Å². The van der Waals surface area contributed by atoms with Gasteiger partial charge in [0.15, 0.2) is 0 Å². The second kappa shape index (κ2) is 7.52. The maximum atomic E-state index is 12.2. The molecule has 0 bridgehead atoms. The average molecular weight is 331 g/mol. The van der Waals surface area contributed by atoms with Gasteiger partial charge in [0.25, 0.3) is 0 Å². The molecule has 8 nitrogen and oxygen atoms in total. The van der Waals surface area contributed by atoms with E-state index in [0.29, 0.717) is 6.42 Å². The summed E-state index contributed by atoms with van der Waals surface area (Å²) in [6.07, 6.45) is -2.00. The molecule has 0 aromatic rings. The molecule has 0 aromatic heterocycles. The molecular weight excluding hydrogens is 306 g/mol. The summed E-state index contributed by atoms with van der Waals surface area (Å²) in [7, 11) is 0. The minimum absolute atomic E-state index is 0.0426. The molecule has 1 N–H and O–H groups in total. The van der Waals surface area contributed by atoms with Crippen molar-refractivity contribution >= 4 is 18.2 Å². The Bertz CT molecular complexity index is 455. The first kappa shape index (κ1) is 19.1. The number of aliphatic carboxylic acids is 1. The molecule has 1 heterocycles. The topological polar surface area (TPSA) is 102 Å². The van der Waals surface area contributed by atoms with Gasteiger partial charge in [0.1, 0.15) is 17.7 Å². The Kier molecular flexibility index (Phi) is 6.23. The van der Waals surface area contributed by atoms with Crippen molar-refractivity contribution in [1.29, 1.82) is 0 Å². The normalized spacial score (nSPS) is 21.7. The smallest absolute Gasteiger partial charge is 0.480 e. The zero-order valence-electron chi connectivity index (χ0n) is 14.2. The molecule has 0 saturated carbocycles. The number of ether oxygens (including phenoxy) is 3. The average Bonchev–Trinajstić information content (AvgIpc) is 2.35. The lowest BCUT2D eigenvalue weighted by molar-refractivity contribution is -0.146. The number of carbonyl (C=O) groups excluding carboxylic acids is 2. The first-order valence-electron chi connectivity index (χ1n) is 7.59. The highest BCUT2D eigenvalue weighted by Crippen LogP contribution is 2.23. The van der Waals surface area contributed by atoms with Gasteiger partial charge in [0.2, 0.25) is 0 Å². The van der Waals surface area contributed by atoms with Gasteiger partial charge >= 0.3 is 18.2 Å². The summed E-state index contributed by atoms with van der Waals surface area (Å²) in [6, 6.07) is -0.995. The number of carboxylic acids is 1. The van der Waals surface area contributed by atoms with Crippen molar-refractivity contribution < 1.29 is 33.7 Å². The summed E-state index contributed by atoms with van der Waals surface area (Å²) in [5.74, 6) is -1.11. The molecule has 1 saturated heterocycles. The van der Waals surface area contributed by atoms with Gasteiger partial charge < -0.3 is 19.3 Å². The second-order valence-electron chi connectivity index (χ2n) is 6.72. The van der Waals surface area contributed by atoms with E-state index in [-0.39, 0.29) is 19.1 Å². The monoisotopic (exact) mass is 331 g/mol. The van der Waals surface area contributed by atoms with Crippen LogP contribution in [0.3, 0.4) is 0 Å². The number of carboxylic acid groups (broad SMARTS) is 1. The molecule has 8 heteroatoms. The van der Waals surface area contributed by atoms with Crippen molar-refractivity contribution in [3.05, 3.63) is 0 Å². The molecule has 1 aliphatic heterocycles. The van der Waals surface area contributed by atoms with Gasteiger partial charge in [0.05, 0.1) is 12.6 Å². The molecule has 1 rings (SSSR count). The predicted molar refractivity (Wildman–Crippen MR) is 80.1 cm³/mol. The Hall–Kier alpha value is -1.99. The number of hydrogen-bond donors (Lipinski definition) is 1. The molecule has 1 amide bonds. The Balaban J connectivity index is 2.75. The number of hydrogen-bond acceptors (Lipinski definition) is 6. The van der Waals surface area contributed by atoms with Gasteiger partial charge in [0, 0.05) is 0 Å². The van der Waals surface area contributed by atoms with Crippen LogP contribution in [0.4, 0.5) is 9.59 Å². The SMILES string of the molecule is CC(C)OC(=O)OC1CCC(C(=O)O)N(C(=O)OC(C)(C)C)C1. The molecule has 2 unspecified atom stereocenters. The van der Waals surface area contributed by atoms with Crippen LogP contribution >= 0.6 is 0 Å². The van der Waals surface area contributed by atoms with E-state index in [1.807, 2.05) is 0 Å². The first-order chi connectivity index (χ1) is 10.5. The number of rotatable bonds is 3. The summed E-state index contributed by atoms with van der Waals surface area (Å²) in [5, 5.41) is 9.26. The standard InChI is InChI=1S/C15H25NO7/c1-9(2)21-14(20)22-10-6-7-11(12(17)18)16(8-10)13(19)23-15(3,4)5/h9-11H,6-8H2,1-5H3,(H,17,18). The first-order valence-corrected chi connectivity index (χ1v) is 7.59. The highest BCUT2D eigenvalue weighted by Gasteiger charge is 2.39. The Labute approximate surface area is 135 Å². The molecule has 0 spiro atoms. The molecule has 2 atom stereocenters. The van der Waals surface area contributed by atoms with Gasteiger partial charge in [-0.25, -0.2) is 14.4 Å². The van der Waals surface area contributed by atoms with E-state index < -0.39 is 36.0 Å². The van der Waals surface area contributed by atoms with Crippen molar-refractivity contribution in [3.63, 3.8) is 0 Å². The van der Waals surface area contributed by atoms with E-state index in [1.54, 1.807) is 34.6 Å². The lowest BCUT2D eigenvalue weighted by Gasteiger charge is -2.37. The summed E-state index contributed by atoms with van der Waals surface area (Å²) in [5.41, 5.74) is -0.746. The van der Waals surface area contributed by atoms with Crippen LogP contribution in [0.1, 0.15) is 47.5 Å². The quantitative estimate of drug-likeness (QED) is 0.792. The molecule has 0 aromatic carbocycles. The summed E-state index contributed by atoms with van der Waals surface area (Å²) in [6.45, 7) is 8.42. The fraction of sp³-hybridized carbons (Fsp3) is 0.800. The maximum absolute atomic E-state index is 12.2. The zero-order chi connectivity index (χ0) is 17.8. The molecule has 0 aliphatic carbocycles. The highest BCUT2D eigenvalue weighted by molar-refractivity contribution is 5.80. The Morgan fingerprint density at radius 2 is 1.78 bits per heavy atom. The molecule has 132 valence electrons. The predicted octanol–water partition coefficient (Wildman–Crippen LogP) is 2.40. The van der Waals surface area contributed by atoms with Crippen LogP contribution in [0.2, 0.25) is 0 Å². The van der Waals surface area contributed by atoms with E-state index in [0.717, 1.165) is 4.90 Å². The van der Waals surface area contributed by atoms with Gasteiger partial charge in [-0.3, -0.25) is 4.90 Å². The van der Waals surface area contributed by atoms with Crippen LogP contribution in [-0.4, -0.2) is 58.6 Å². The number of piperidine rings is 1. The largest absolute Gasteiger partial charge is 0.508 e. The third kappa shape index (κ3) is 6.33. The van der Waals surface area contributed by atoms with Crippen LogP contribution < -0.4 is 0 Å². The minimum Gasteiger partial charge on any atom is -0.480 e. The Morgan fingerprint density at radius 3 is 2.26 bits per heavy atom.